The maximum atomic E-state index is 12.6. The number of amides is 2. The predicted octanol–water partition coefficient (Wildman–Crippen LogP) is 3.54. The minimum atomic E-state index is -0.509. The Morgan fingerprint density at radius 3 is 2.08 bits per heavy atom. The normalized spacial score (nSPS) is 18.6. The van der Waals surface area contributed by atoms with E-state index in [9.17, 15) is 14.4 Å². The summed E-state index contributed by atoms with van der Waals surface area (Å²) in [7, 11) is 0.502. The quantitative estimate of drug-likeness (QED) is 0.579. The van der Waals surface area contributed by atoms with Gasteiger partial charge in [-0.15, -0.1) is 0 Å². The van der Waals surface area contributed by atoms with Crippen LogP contribution in [0.2, 0.25) is 6.82 Å². The SMILES string of the molecule is CBC(=O)C(C)(C)C(C)(C)c1ccc(N2C(=O)CC(C(C)C)C2=O)cc1. The molecule has 140 valence electrons. The van der Waals surface area contributed by atoms with Crippen LogP contribution in [-0.4, -0.2) is 24.8 Å². The van der Waals surface area contributed by atoms with Crippen molar-refractivity contribution < 1.29 is 14.4 Å². The van der Waals surface area contributed by atoms with Crippen molar-refractivity contribution in [3.05, 3.63) is 29.8 Å². The molecule has 2 rings (SSSR count). The number of nitrogens with zero attached hydrogens (tertiary/aromatic N) is 1. The van der Waals surface area contributed by atoms with E-state index >= 15 is 0 Å². The molecule has 0 aromatic heterocycles. The number of hydrogen-bond acceptors (Lipinski definition) is 3. The monoisotopic (exact) mass is 355 g/mol. The predicted molar refractivity (Wildman–Crippen MR) is 107 cm³/mol. The number of carbonyl (C=O) groups excluding carboxylic acids is 3. The van der Waals surface area contributed by atoms with Gasteiger partial charge < -0.3 is 4.79 Å². The molecule has 0 radical (unpaired) electrons. The molecule has 1 aliphatic rings. The molecule has 1 aromatic rings. The summed E-state index contributed by atoms with van der Waals surface area (Å²) in [6.45, 7) is 13.9. The van der Waals surface area contributed by atoms with Crippen LogP contribution in [0.15, 0.2) is 24.3 Å². The first-order valence-corrected chi connectivity index (χ1v) is 9.45. The average molecular weight is 355 g/mol. The van der Waals surface area contributed by atoms with Gasteiger partial charge in [-0.1, -0.05) is 60.5 Å². The fourth-order valence-electron chi connectivity index (χ4n) is 3.63. The van der Waals surface area contributed by atoms with Crippen molar-refractivity contribution in [1.82, 2.24) is 0 Å². The van der Waals surface area contributed by atoms with Gasteiger partial charge in [-0.3, -0.25) is 14.5 Å². The lowest BCUT2D eigenvalue weighted by Crippen LogP contribution is -2.44. The highest BCUT2D eigenvalue weighted by molar-refractivity contribution is 6.73. The molecule has 4 nitrogen and oxygen atoms in total. The molecule has 0 saturated carbocycles. The summed E-state index contributed by atoms with van der Waals surface area (Å²) in [6, 6.07) is 7.51. The van der Waals surface area contributed by atoms with Gasteiger partial charge in [0.1, 0.15) is 0 Å². The zero-order valence-corrected chi connectivity index (χ0v) is 17.1. The number of carbonyl (C=O) groups is 3. The molecule has 1 aliphatic heterocycles. The van der Waals surface area contributed by atoms with Crippen LogP contribution in [0, 0.1) is 17.3 Å². The molecule has 2 amide bonds. The second-order valence-corrected chi connectivity index (χ2v) is 8.70. The molecular formula is C21H30BNO3. The van der Waals surface area contributed by atoms with Gasteiger partial charge in [0, 0.05) is 17.3 Å². The molecule has 1 unspecified atom stereocenters. The molecule has 1 saturated heterocycles. The van der Waals surface area contributed by atoms with Crippen LogP contribution in [0.3, 0.4) is 0 Å². The van der Waals surface area contributed by atoms with E-state index in [2.05, 4.69) is 13.8 Å². The average Bonchev–Trinajstić information content (AvgIpc) is 2.88. The summed E-state index contributed by atoms with van der Waals surface area (Å²) in [4.78, 5) is 38.6. The van der Waals surface area contributed by atoms with Gasteiger partial charge in [0.05, 0.1) is 17.3 Å². The third kappa shape index (κ3) is 3.24. The van der Waals surface area contributed by atoms with Gasteiger partial charge in [-0.2, -0.15) is 0 Å². The van der Waals surface area contributed by atoms with Crippen LogP contribution < -0.4 is 4.90 Å². The van der Waals surface area contributed by atoms with Crippen molar-refractivity contribution in [2.75, 3.05) is 4.90 Å². The molecule has 0 spiro atoms. The standard InChI is InChI=1S/C21H30BNO3/c1-13(2)16-12-17(24)23(18(16)25)15-10-8-14(9-11-15)20(3,4)21(5,6)19(26)22-7/h8-11,13,16,22H,12H2,1-7H3. The number of benzene rings is 1. The lowest BCUT2D eigenvalue weighted by atomic mass is 9.53. The van der Waals surface area contributed by atoms with E-state index in [0.717, 1.165) is 5.56 Å². The van der Waals surface area contributed by atoms with Gasteiger partial charge in [0.2, 0.25) is 19.1 Å². The first-order chi connectivity index (χ1) is 11.9. The van der Waals surface area contributed by atoms with Crippen LogP contribution in [-0.2, 0) is 19.8 Å². The Bertz CT molecular complexity index is 719. The van der Waals surface area contributed by atoms with E-state index in [1.165, 1.54) is 4.90 Å². The van der Waals surface area contributed by atoms with Crippen LogP contribution in [0.25, 0.3) is 0 Å². The Morgan fingerprint density at radius 2 is 1.65 bits per heavy atom. The lowest BCUT2D eigenvalue weighted by Gasteiger charge is -2.41. The molecule has 0 N–H and O–H groups in total. The lowest BCUT2D eigenvalue weighted by molar-refractivity contribution is -0.123. The summed E-state index contributed by atoms with van der Waals surface area (Å²) in [5, 5.41) is 0. The molecule has 1 heterocycles. The van der Waals surface area contributed by atoms with Crippen molar-refractivity contribution >= 4 is 30.5 Å². The van der Waals surface area contributed by atoms with E-state index in [1.54, 1.807) is 0 Å². The molecule has 0 aliphatic carbocycles. The van der Waals surface area contributed by atoms with E-state index in [-0.39, 0.29) is 41.2 Å². The number of hydrogen-bond donors (Lipinski definition) is 0. The highest BCUT2D eigenvalue weighted by atomic mass is 16.2. The first-order valence-electron chi connectivity index (χ1n) is 9.45. The summed E-state index contributed by atoms with van der Waals surface area (Å²) in [5.74, 6) is -0.337. The first kappa shape index (κ1) is 20.4. The van der Waals surface area contributed by atoms with Crippen molar-refractivity contribution in [2.45, 2.75) is 60.2 Å². The minimum absolute atomic E-state index is 0.112. The van der Waals surface area contributed by atoms with Gasteiger partial charge in [0.15, 0.2) is 0 Å². The van der Waals surface area contributed by atoms with Crippen LogP contribution in [0.4, 0.5) is 5.69 Å². The Balaban J connectivity index is 2.33. The molecule has 1 atom stereocenters. The maximum absolute atomic E-state index is 12.6. The number of anilines is 1. The molecule has 0 bridgehead atoms. The van der Waals surface area contributed by atoms with Crippen LogP contribution >= 0.6 is 0 Å². The van der Waals surface area contributed by atoms with Gasteiger partial charge in [0.25, 0.3) is 0 Å². The van der Waals surface area contributed by atoms with Crippen molar-refractivity contribution in [3.8, 4) is 0 Å². The Labute approximate surface area is 157 Å². The van der Waals surface area contributed by atoms with Gasteiger partial charge >= 0.3 is 0 Å². The van der Waals surface area contributed by atoms with Crippen molar-refractivity contribution in [1.29, 1.82) is 0 Å². The fraction of sp³-hybridized carbons (Fsp3) is 0.571. The minimum Gasteiger partial charge on any atom is -0.311 e. The number of rotatable bonds is 6. The number of imide groups is 1. The van der Waals surface area contributed by atoms with E-state index < -0.39 is 5.41 Å². The van der Waals surface area contributed by atoms with Crippen LogP contribution in [0.5, 0.6) is 0 Å². The van der Waals surface area contributed by atoms with E-state index in [4.69, 9.17) is 0 Å². The molecule has 1 fully saturated rings. The third-order valence-corrected chi connectivity index (χ3v) is 6.41. The summed E-state index contributed by atoms with van der Waals surface area (Å²) >= 11 is 0. The largest absolute Gasteiger partial charge is 0.311 e. The zero-order valence-electron chi connectivity index (χ0n) is 17.1. The Hall–Kier alpha value is -1.91. The zero-order chi connectivity index (χ0) is 19.9. The summed E-state index contributed by atoms with van der Waals surface area (Å²) in [6.07, 6.45) is 0.280. The molecular weight excluding hydrogens is 325 g/mol. The third-order valence-electron chi connectivity index (χ3n) is 6.41. The molecule has 1 aromatic carbocycles. The van der Waals surface area contributed by atoms with Gasteiger partial charge in [-0.05, 0) is 23.6 Å². The highest BCUT2D eigenvalue weighted by Gasteiger charge is 2.44. The molecule has 26 heavy (non-hydrogen) atoms. The van der Waals surface area contributed by atoms with Gasteiger partial charge in [-0.25, -0.2) is 0 Å². The van der Waals surface area contributed by atoms with Crippen molar-refractivity contribution in [2.24, 2.45) is 17.3 Å². The fourth-order valence-corrected chi connectivity index (χ4v) is 3.63. The summed E-state index contributed by atoms with van der Waals surface area (Å²) < 4.78 is 0. The van der Waals surface area contributed by atoms with E-state index in [1.807, 2.05) is 58.8 Å². The second kappa shape index (κ2) is 7.01. The smallest absolute Gasteiger partial charge is 0.237 e. The Kier molecular flexibility index (Phi) is 5.50. The summed E-state index contributed by atoms with van der Waals surface area (Å²) in [5.41, 5.74) is 0.981. The maximum Gasteiger partial charge on any atom is 0.237 e. The van der Waals surface area contributed by atoms with Crippen LogP contribution in [0.1, 0.15) is 53.5 Å². The van der Waals surface area contributed by atoms with Crippen molar-refractivity contribution in [3.63, 3.8) is 0 Å². The topological polar surface area (TPSA) is 54.5 Å². The van der Waals surface area contributed by atoms with E-state index in [0.29, 0.717) is 13.0 Å². The second-order valence-electron chi connectivity index (χ2n) is 8.70. The molecule has 5 heteroatoms. The highest BCUT2D eigenvalue weighted by Crippen LogP contribution is 2.42. The Morgan fingerprint density at radius 1 is 1.12 bits per heavy atom.